The molecule has 3 rings (SSSR count). The van der Waals surface area contributed by atoms with Gasteiger partial charge in [0.1, 0.15) is 5.76 Å². The second-order valence-corrected chi connectivity index (χ2v) is 5.82. The Labute approximate surface area is 132 Å². The quantitative estimate of drug-likeness (QED) is 0.836. The summed E-state index contributed by atoms with van der Waals surface area (Å²) in [5.41, 5.74) is 1.17. The van der Waals surface area contributed by atoms with Gasteiger partial charge in [0.15, 0.2) is 11.5 Å². The zero-order valence-corrected chi connectivity index (χ0v) is 13.3. The minimum absolute atomic E-state index is 0.701. The molecule has 1 aromatic carbocycles. The predicted octanol–water partition coefficient (Wildman–Crippen LogP) is 3.54. The van der Waals surface area contributed by atoms with Crippen molar-refractivity contribution in [3.05, 3.63) is 46.3 Å². The molecule has 2 heterocycles. The van der Waals surface area contributed by atoms with Crippen molar-refractivity contribution in [3.63, 3.8) is 0 Å². The lowest BCUT2D eigenvalue weighted by atomic mass is 10.2. The number of hydrogen-bond donors (Lipinski definition) is 1. The largest absolute Gasteiger partial charge is 0.490 e. The zero-order valence-electron chi connectivity index (χ0n) is 11.7. The van der Waals surface area contributed by atoms with Crippen LogP contribution in [-0.2, 0) is 13.0 Å². The van der Waals surface area contributed by atoms with Gasteiger partial charge >= 0.3 is 0 Å². The highest BCUT2D eigenvalue weighted by molar-refractivity contribution is 9.10. The molecular weight excluding hydrogens is 334 g/mol. The summed E-state index contributed by atoms with van der Waals surface area (Å²) in [6.07, 6.45) is 3.51. The Morgan fingerprint density at radius 2 is 2.10 bits per heavy atom. The number of hydrogen-bond acceptors (Lipinski definition) is 4. The van der Waals surface area contributed by atoms with Gasteiger partial charge in [0, 0.05) is 25.9 Å². The van der Waals surface area contributed by atoms with Gasteiger partial charge in [0.05, 0.1) is 23.9 Å². The maximum absolute atomic E-state index is 5.74. The highest BCUT2D eigenvalue weighted by Gasteiger charge is 2.15. The number of ether oxygens (including phenoxy) is 2. The van der Waals surface area contributed by atoms with E-state index in [0.29, 0.717) is 13.2 Å². The van der Waals surface area contributed by atoms with E-state index in [1.165, 1.54) is 5.56 Å². The number of rotatable bonds is 5. The lowest BCUT2D eigenvalue weighted by molar-refractivity contribution is 0.296. The summed E-state index contributed by atoms with van der Waals surface area (Å²) < 4.78 is 17.7. The Hall–Kier alpha value is -1.46. The summed E-state index contributed by atoms with van der Waals surface area (Å²) in [4.78, 5) is 0. The first-order valence-corrected chi connectivity index (χ1v) is 7.93. The molecule has 0 spiro atoms. The minimum atomic E-state index is 0.701. The van der Waals surface area contributed by atoms with Crippen molar-refractivity contribution in [3.8, 4) is 11.5 Å². The van der Waals surface area contributed by atoms with Gasteiger partial charge in [-0.2, -0.15) is 0 Å². The van der Waals surface area contributed by atoms with Crippen LogP contribution in [0.5, 0.6) is 11.5 Å². The molecule has 1 aromatic heterocycles. The Morgan fingerprint density at radius 3 is 2.95 bits per heavy atom. The second-order valence-electron chi connectivity index (χ2n) is 4.96. The van der Waals surface area contributed by atoms with Gasteiger partial charge in [-0.25, -0.2) is 0 Å². The summed E-state index contributed by atoms with van der Waals surface area (Å²) >= 11 is 3.56. The molecule has 1 N–H and O–H groups in total. The van der Waals surface area contributed by atoms with E-state index in [4.69, 9.17) is 13.9 Å². The van der Waals surface area contributed by atoms with E-state index in [0.717, 1.165) is 47.7 Å². The Balaban J connectivity index is 1.58. The second kappa shape index (κ2) is 7.00. The highest BCUT2D eigenvalue weighted by atomic mass is 79.9. The van der Waals surface area contributed by atoms with E-state index < -0.39 is 0 Å². The van der Waals surface area contributed by atoms with Crippen LogP contribution in [0.3, 0.4) is 0 Å². The summed E-state index contributed by atoms with van der Waals surface area (Å²) in [5.74, 6) is 2.64. The molecule has 1 aliphatic heterocycles. The molecule has 0 unspecified atom stereocenters. The highest BCUT2D eigenvalue weighted by Crippen LogP contribution is 2.38. The number of nitrogens with one attached hydrogen (secondary N) is 1. The SMILES string of the molecule is Brc1cc(CNCCc2ccco2)cc2c1OCCCO2. The summed E-state index contributed by atoms with van der Waals surface area (Å²) in [6.45, 7) is 3.07. The van der Waals surface area contributed by atoms with Gasteiger partial charge in [-0.15, -0.1) is 0 Å². The van der Waals surface area contributed by atoms with Crippen LogP contribution in [0.15, 0.2) is 39.4 Å². The van der Waals surface area contributed by atoms with Crippen molar-refractivity contribution in [2.24, 2.45) is 0 Å². The third-order valence-corrected chi connectivity index (χ3v) is 3.91. The fourth-order valence-electron chi connectivity index (χ4n) is 2.29. The smallest absolute Gasteiger partial charge is 0.175 e. The fraction of sp³-hybridized carbons (Fsp3) is 0.375. The first-order chi connectivity index (χ1) is 10.3. The number of furan rings is 1. The molecule has 0 atom stereocenters. The molecule has 0 saturated heterocycles. The van der Waals surface area contributed by atoms with Crippen molar-refractivity contribution in [1.29, 1.82) is 0 Å². The molecule has 21 heavy (non-hydrogen) atoms. The summed E-state index contributed by atoms with van der Waals surface area (Å²) in [7, 11) is 0. The predicted molar refractivity (Wildman–Crippen MR) is 83.9 cm³/mol. The van der Waals surface area contributed by atoms with Gasteiger partial charge in [-0.3, -0.25) is 0 Å². The number of fused-ring (bicyclic) bond motifs is 1. The third kappa shape index (κ3) is 3.80. The molecule has 112 valence electrons. The van der Waals surface area contributed by atoms with E-state index in [-0.39, 0.29) is 0 Å². The van der Waals surface area contributed by atoms with E-state index in [1.54, 1.807) is 6.26 Å². The molecular formula is C16H18BrNO3. The minimum Gasteiger partial charge on any atom is -0.490 e. The molecule has 1 aliphatic rings. The standard InChI is InChI=1S/C16H18BrNO3/c17-14-9-12(10-15-16(14)21-8-2-7-20-15)11-18-5-4-13-3-1-6-19-13/h1,3,6,9-10,18H,2,4-5,7-8,11H2. The van der Waals surface area contributed by atoms with Crippen LogP contribution in [0.4, 0.5) is 0 Å². The van der Waals surface area contributed by atoms with E-state index in [2.05, 4.69) is 27.3 Å². The number of halogens is 1. The van der Waals surface area contributed by atoms with E-state index in [1.807, 2.05) is 18.2 Å². The van der Waals surface area contributed by atoms with E-state index in [9.17, 15) is 0 Å². The third-order valence-electron chi connectivity index (χ3n) is 3.32. The van der Waals surface area contributed by atoms with Gasteiger partial charge in [0.25, 0.3) is 0 Å². The van der Waals surface area contributed by atoms with Crippen molar-refractivity contribution in [2.45, 2.75) is 19.4 Å². The molecule has 0 saturated carbocycles. The Bertz CT molecular complexity index is 583. The van der Waals surface area contributed by atoms with Crippen molar-refractivity contribution in [1.82, 2.24) is 5.32 Å². The maximum Gasteiger partial charge on any atom is 0.175 e. The summed E-state index contributed by atoms with van der Waals surface area (Å²) in [6, 6.07) is 8.03. The van der Waals surface area contributed by atoms with Crippen LogP contribution >= 0.6 is 15.9 Å². The van der Waals surface area contributed by atoms with Crippen LogP contribution in [0.2, 0.25) is 0 Å². The lowest BCUT2D eigenvalue weighted by Gasteiger charge is -2.12. The average Bonchev–Trinajstić information content (AvgIpc) is 2.87. The Morgan fingerprint density at radius 1 is 1.19 bits per heavy atom. The van der Waals surface area contributed by atoms with Gasteiger partial charge in [-0.1, -0.05) is 0 Å². The molecule has 0 amide bonds. The van der Waals surface area contributed by atoms with Crippen LogP contribution < -0.4 is 14.8 Å². The lowest BCUT2D eigenvalue weighted by Crippen LogP contribution is -2.16. The van der Waals surface area contributed by atoms with Crippen LogP contribution in [0.25, 0.3) is 0 Å². The van der Waals surface area contributed by atoms with Crippen LogP contribution in [0.1, 0.15) is 17.7 Å². The molecule has 2 aromatic rings. The van der Waals surface area contributed by atoms with Crippen LogP contribution in [-0.4, -0.2) is 19.8 Å². The normalized spacial score (nSPS) is 14.0. The first-order valence-electron chi connectivity index (χ1n) is 7.14. The van der Waals surface area contributed by atoms with Crippen molar-refractivity contribution >= 4 is 15.9 Å². The van der Waals surface area contributed by atoms with Crippen LogP contribution in [0, 0.1) is 0 Å². The average molecular weight is 352 g/mol. The van der Waals surface area contributed by atoms with E-state index >= 15 is 0 Å². The topological polar surface area (TPSA) is 43.6 Å². The number of benzene rings is 1. The fourth-order valence-corrected chi connectivity index (χ4v) is 2.89. The van der Waals surface area contributed by atoms with Crippen molar-refractivity contribution in [2.75, 3.05) is 19.8 Å². The van der Waals surface area contributed by atoms with Gasteiger partial charge < -0.3 is 19.2 Å². The van der Waals surface area contributed by atoms with Gasteiger partial charge in [-0.05, 0) is 45.8 Å². The van der Waals surface area contributed by atoms with Crippen molar-refractivity contribution < 1.29 is 13.9 Å². The van der Waals surface area contributed by atoms with Gasteiger partial charge in [0.2, 0.25) is 0 Å². The first kappa shape index (κ1) is 14.5. The summed E-state index contributed by atoms with van der Waals surface area (Å²) in [5, 5.41) is 3.41. The molecule has 4 nitrogen and oxygen atoms in total. The monoisotopic (exact) mass is 351 g/mol. The molecule has 0 radical (unpaired) electrons. The molecule has 0 fully saturated rings. The molecule has 0 bridgehead atoms. The zero-order chi connectivity index (χ0) is 14.5. The molecule has 5 heteroatoms. The Kier molecular flexibility index (Phi) is 4.83. The maximum atomic E-state index is 5.74. The molecule has 0 aliphatic carbocycles.